The minimum atomic E-state index is -1.08. The molecule has 0 aliphatic carbocycles. The molecule has 0 atom stereocenters. The van der Waals surface area contributed by atoms with Crippen molar-refractivity contribution in [3.05, 3.63) is 46.8 Å². The first kappa shape index (κ1) is 18.4. The summed E-state index contributed by atoms with van der Waals surface area (Å²) < 4.78 is 10.4. The molecule has 2 heterocycles. The lowest BCUT2D eigenvalue weighted by molar-refractivity contribution is 0.0696. The van der Waals surface area contributed by atoms with Crippen LogP contribution in [0.3, 0.4) is 0 Å². The molecule has 0 radical (unpaired) electrons. The van der Waals surface area contributed by atoms with Crippen molar-refractivity contribution < 1.29 is 24.0 Å². The SMILES string of the molecule is COc1cc(C(=O)O)ccc1NC(=O)c1cc(C(C)C)nc2onc(C)c12. The van der Waals surface area contributed by atoms with Crippen molar-refractivity contribution in [2.45, 2.75) is 26.7 Å². The van der Waals surface area contributed by atoms with Gasteiger partial charge in [0.15, 0.2) is 0 Å². The number of methoxy groups -OCH3 is 1. The van der Waals surface area contributed by atoms with Gasteiger partial charge in [0.1, 0.15) is 5.75 Å². The Morgan fingerprint density at radius 3 is 2.63 bits per heavy atom. The number of carboxylic acids is 1. The van der Waals surface area contributed by atoms with E-state index in [4.69, 9.17) is 14.4 Å². The fourth-order valence-electron chi connectivity index (χ4n) is 2.71. The first-order chi connectivity index (χ1) is 12.8. The summed E-state index contributed by atoms with van der Waals surface area (Å²) in [6.45, 7) is 5.67. The van der Waals surface area contributed by atoms with E-state index in [1.54, 1.807) is 13.0 Å². The van der Waals surface area contributed by atoms with Gasteiger partial charge < -0.3 is 19.7 Å². The molecule has 27 heavy (non-hydrogen) atoms. The molecule has 0 aliphatic heterocycles. The first-order valence-corrected chi connectivity index (χ1v) is 8.31. The van der Waals surface area contributed by atoms with Crippen LogP contribution in [-0.4, -0.2) is 34.2 Å². The number of aromatic nitrogens is 2. The maximum absolute atomic E-state index is 13.0. The van der Waals surface area contributed by atoms with Crippen molar-refractivity contribution in [3.8, 4) is 5.75 Å². The highest BCUT2D eigenvalue weighted by molar-refractivity contribution is 6.13. The molecule has 0 fully saturated rings. The molecule has 0 unspecified atom stereocenters. The quantitative estimate of drug-likeness (QED) is 0.706. The highest BCUT2D eigenvalue weighted by Crippen LogP contribution is 2.29. The number of carboxylic acid groups (broad SMARTS) is 1. The standard InChI is InChI=1S/C19H19N3O5/c1-9(2)14-8-12(16-10(3)22-27-18(16)21-14)17(23)20-13-6-5-11(19(24)25)7-15(13)26-4/h5-9H,1-4H3,(H,20,23)(H,24,25). The van der Waals surface area contributed by atoms with E-state index in [-0.39, 0.29) is 17.2 Å². The summed E-state index contributed by atoms with van der Waals surface area (Å²) >= 11 is 0. The second-order valence-corrected chi connectivity index (χ2v) is 6.37. The Hall–Kier alpha value is -3.42. The monoisotopic (exact) mass is 369 g/mol. The molecule has 2 N–H and O–H groups in total. The third-order valence-corrected chi connectivity index (χ3v) is 4.17. The minimum Gasteiger partial charge on any atom is -0.495 e. The number of anilines is 1. The van der Waals surface area contributed by atoms with Gasteiger partial charge in [0, 0.05) is 5.69 Å². The van der Waals surface area contributed by atoms with Crippen LogP contribution in [-0.2, 0) is 0 Å². The normalized spacial score (nSPS) is 11.0. The highest BCUT2D eigenvalue weighted by Gasteiger charge is 2.21. The van der Waals surface area contributed by atoms with Crippen LogP contribution in [0.5, 0.6) is 5.75 Å². The van der Waals surface area contributed by atoms with E-state index >= 15 is 0 Å². The lowest BCUT2D eigenvalue weighted by Gasteiger charge is -2.12. The number of hydrogen-bond acceptors (Lipinski definition) is 6. The van der Waals surface area contributed by atoms with Crippen molar-refractivity contribution in [1.29, 1.82) is 0 Å². The van der Waals surface area contributed by atoms with Gasteiger partial charge in [0.05, 0.1) is 35.0 Å². The molecule has 0 bridgehead atoms. The molecule has 0 aliphatic rings. The van der Waals surface area contributed by atoms with Crippen molar-refractivity contribution >= 4 is 28.7 Å². The zero-order valence-corrected chi connectivity index (χ0v) is 15.4. The summed E-state index contributed by atoms with van der Waals surface area (Å²) in [6, 6.07) is 5.95. The lowest BCUT2D eigenvalue weighted by atomic mass is 10.0. The number of pyridine rings is 1. The van der Waals surface area contributed by atoms with Crippen LogP contribution >= 0.6 is 0 Å². The van der Waals surface area contributed by atoms with Gasteiger partial charge in [0.25, 0.3) is 11.6 Å². The van der Waals surface area contributed by atoms with Gasteiger partial charge >= 0.3 is 5.97 Å². The Kier molecular flexibility index (Phi) is 4.81. The van der Waals surface area contributed by atoms with Gasteiger partial charge in [-0.1, -0.05) is 19.0 Å². The van der Waals surface area contributed by atoms with Gasteiger partial charge in [-0.3, -0.25) is 4.79 Å². The Labute approximate surface area is 155 Å². The van der Waals surface area contributed by atoms with Crippen LogP contribution in [0.1, 0.15) is 51.9 Å². The molecular weight excluding hydrogens is 350 g/mol. The van der Waals surface area contributed by atoms with Crippen molar-refractivity contribution in [2.75, 3.05) is 12.4 Å². The van der Waals surface area contributed by atoms with E-state index in [1.807, 2.05) is 13.8 Å². The van der Waals surface area contributed by atoms with Crippen LogP contribution in [0.2, 0.25) is 0 Å². The molecule has 0 spiro atoms. The molecule has 8 nitrogen and oxygen atoms in total. The second kappa shape index (κ2) is 7.06. The number of hydrogen-bond donors (Lipinski definition) is 2. The van der Waals surface area contributed by atoms with E-state index in [0.29, 0.717) is 33.7 Å². The average Bonchev–Trinajstić information content (AvgIpc) is 3.02. The number of fused-ring (bicyclic) bond motifs is 1. The third-order valence-electron chi connectivity index (χ3n) is 4.17. The largest absolute Gasteiger partial charge is 0.495 e. The topological polar surface area (TPSA) is 115 Å². The van der Waals surface area contributed by atoms with E-state index in [0.717, 1.165) is 0 Å². The molecule has 0 saturated carbocycles. The van der Waals surface area contributed by atoms with Gasteiger partial charge in [-0.2, -0.15) is 0 Å². The molecule has 3 aromatic rings. The number of carbonyl (C=O) groups excluding carboxylic acids is 1. The van der Waals surface area contributed by atoms with Crippen molar-refractivity contribution in [2.24, 2.45) is 0 Å². The highest BCUT2D eigenvalue weighted by atomic mass is 16.5. The number of amides is 1. The third kappa shape index (κ3) is 3.46. The summed E-state index contributed by atoms with van der Waals surface area (Å²) in [7, 11) is 1.41. The van der Waals surface area contributed by atoms with E-state index < -0.39 is 11.9 Å². The number of nitrogens with one attached hydrogen (secondary N) is 1. The van der Waals surface area contributed by atoms with Crippen LogP contribution < -0.4 is 10.1 Å². The molecule has 140 valence electrons. The maximum atomic E-state index is 13.0. The number of carbonyl (C=O) groups is 2. The zero-order valence-electron chi connectivity index (χ0n) is 15.4. The average molecular weight is 369 g/mol. The Morgan fingerprint density at radius 1 is 1.26 bits per heavy atom. The van der Waals surface area contributed by atoms with Gasteiger partial charge in [-0.25, -0.2) is 9.78 Å². The molecule has 3 rings (SSSR count). The zero-order chi connectivity index (χ0) is 19.7. The van der Waals surface area contributed by atoms with E-state index in [2.05, 4.69) is 15.5 Å². The number of benzene rings is 1. The Morgan fingerprint density at radius 2 is 2.00 bits per heavy atom. The second-order valence-electron chi connectivity index (χ2n) is 6.37. The van der Waals surface area contributed by atoms with Crippen molar-refractivity contribution in [3.63, 3.8) is 0 Å². The summed E-state index contributed by atoms with van der Waals surface area (Å²) in [6.07, 6.45) is 0. The molecule has 1 amide bonds. The van der Waals surface area contributed by atoms with E-state index in [1.165, 1.54) is 25.3 Å². The Bertz CT molecular complexity index is 1040. The van der Waals surface area contributed by atoms with Crippen LogP contribution in [0.25, 0.3) is 11.1 Å². The number of rotatable bonds is 5. The molecule has 1 aromatic carbocycles. The van der Waals surface area contributed by atoms with Gasteiger partial charge in [-0.05, 0) is 37.1 Å². The lowest BCUT2D eigenvalue weighted by Crippen LogP contribution is -2.15. The maximum Gasteiger partial charge on any atom is 0.335 e. The smallest absolute Gasteiger partial charge is 0.335 e. The predicted octanol–water partition coefficient (Wildman–Crippen LogP) is 3.61. The van der Waals surface area contributed by atoms with Crippen LogP contribution in [0.4, 0.5) is 5.69 Å². The summed E-state index contributed by atoms with van der Waals surface area (Å²) in [4.78, 5) is 28.5. The summed E-state index contributed by atoms with van der Waals surface area (Å²) in [5, 5.41) is 16.3. The van der Waals surface area contributed by atoms with Crippen LogP contribution in [0.15, 0.2) is 28.8 Å². The fraction of sp³-hybridized carbons (Fsp3) is 0.263. The summed E-state index contributed by atoms with van der Waals surface area (Å²) in [5.41, 5.74) is 2.37. The minimum absolute atomic E-state index is 0.0631. The predicted molar refractivity (Wildman–Crippen MR) is 98.5 cm³/mol. The number of aryl methyl sites for hydroxylation is 1. The van der Waals surface area contributed by atoms with Gasteiger partial charge in [0.2, 0.25) is 0 Å². The van der Waals surface area contributed by atoms with E-state index in [9.17, 15) is 9.59 Å². The molecule has 0 saturated heterocycles. The van der Waals surface area contributed by atoms with Gasteiger partial charge in [-0.15, -0.1) is 0 Å². The molecule has 8 heteroatoms. The fourth-order valence-corrected chi connectivity index (χ4v) is 2.71. The molecule has 2 aromatic heterocycles. The number of nitrogens with zero attached hydrogens (tertiary/aromatic N) is 2. The molecular formula is C19H19N3O5. The summed E-state index contributed by atoms with van der Waals surface area (Å²) in [5.74, 6) is -1.13. The first-order valence-electron chi connectivity index (χ1n) is 8.31. The Balaban J connectivity index is 2.04. The van der Waals surface area contributed by atoms with Crippen molar-refractivity contribution in [1.82, 2.24) is 10.1 Å². The number of aromatic carboxylic acids is 1. The van der Waals surface area contributed by atoms with Crippen LogP contribution in [0, 0.1) is 6.92 Å². The number of ether oxygens (including phenoxy) is 1.